The van der Waals surface area contributed by atoms with Crippen LogP contribution in [0.5, 0.6) is 0 Å². The van der Waals surface area contributed by atoms with Crippen molar-refractivity contribution < 1.29 is 31.4 Å². The van der Waals surface area contributed by atoms with Gasteiger partial charge in [-0.15, -0.1) is 0 Å². The molecule has 1 aromatic rings. The van der Waals surface area contributed by atoms with E-state index in [1.807, 2.05) is 0 Å². The first kappa shape index (κ1) is 18.7. The van der Waals surface area contributed by atoms with Gasteiger partial charge in [0.25, 0.3) is 0 Å². The summed E-state index contributed by atoms with van der Waals surface area (Å²) in [5, 5.41) is 12.2. The zero-order valence-corrected chi connectivity index (χ0v) is 13.5. The van der Waals surface area contributed by atoms with Crippen LogP contribution in [-0.2, 0) is 14.6 Å². The number of halogens is 3. The molecule has 0 spiro atoms. The number of hydrogen-bond acceptors (Lipinski definition) is 5. The van der Waals surface area contributed by atoms with Crippen molar-refractivity contribution in [1.82, 2.24) is 5.32 Å². The van der Waals surface area contributed by atoms with Gasteiger partial charge in [-0.2, -0.15) is 13.2 Å². The zero-order chi connectivity index (χ0) is 18.0. The predicted octanol–water partition coefficient (Wildman–Crippen LogP) is 1.07. The number of aliphatic hydroxyl groups is 1. The molecule has 1 aliphatic heterocycles. The van der Waals surface area contributed by atoms with Gasteiger partial charge < -0.3 is 15.2 Å². The number of rotatable bonds is 2. The van der Waals surface area contributed by atoms with Gasteiger partial charge in [0.2, 0.25) is 15.4 Å². The molecule has 24 heavy (non-hydrogen) atoms. The van der Waals surface area contributed by atoms with Crippen molar-refractivity contribution in [1.29, 1.82) is 0 Å². The van der Waals surface area contributed by atoms with Gasteiger partial charge in [0.05, 0.1) is 11.5 Å². The summed E-state index contributed by atoms with van der Waals surface area (Å²) in [4.78, 5) is -0.00988. The van der Waals surface area contributed by atoms with Crippen molar-refractivity contribution in [2.45, 2.75) is 29.0 Å². The van der Waals surface area contributed by atoms with Crippen LogP contribution in [-0.4, -0.2) is 50.4 Å². The average Bonchev–Trinajstić information content (AvgIpc) is 2.53. The van der Waals surface area contributed by atoms with Crippen molar-refractivity contribution in [3.05, 3.63) is 29.8 Å². The largest absolute Gasteiger partial charge is 0.428 e. The van der Waals surface area contributed by atoms with Gasteiger partial charge in [-0.25, -0.2) is 8.42 Å². The van der Waals surface area contributed by atoms with Crippen LogP contribution in [0.3, 0.4) is 0 Å². The first-order valence-corrected chi connectivity index (χ1v) is 8.57. The Morgan fingerprint density at radius 2 is 1.92 bits per heavy atom. The van der Waals surface area contributed by atoms with Gasteiger partial charge in [-0.3, -0.25) is 0 Å². The first-order valence-electron chi connectivity index (χ1n) is 7.02. The zero-order valence-electron chi connectivity index (χ0n) is 12.7. The highest BCUT2D eigenvalue weighted by Crippen LogP contribution is 2.29. The average molecular weight is 363 g/mol. The third kappa shape index (κ3) is 4.08. The van der Waals surface area contributed by atoms with Crippen LogP contribution in [0.2, 0.25) is 0 Å². The second kappa shape index (κ2) is 6.72. The third-order valence-electron chi connectivity index (χ3n) is 3.42. The van der Waals surface area contributed by atoms with Gasteiger partial charge in [0.1, 0.15) is 0 Å². The van der Waals surface area contributed by atoms with E-state index in [9.17, 15) is 26.7 Å². The number of alkyl halides is 3. The molecular weight excluding hydrogens is 347 g/mol. The lowest BCUT2D eigenvalue weighted by atomic mass is 10.1. The maximum absolute atomic E-state index is 12.5. The molecule has 0 amide bonds. The molecule has 9 heteroatoms. The summed E-state index contributed by atoms with van der Waals surface area (Å²) in [6.07, 6.45) is -4.88. The van der Waals surface area contributed by atoms with Crippen molar-refractivity contribution >= 4 is 9.84 Å². The lowest BCUT2D eigenvalue weighted by molar-refractivity contribution is -0.228. The molecule has 0 aromatic heterocycles. The molecule has 0 aliphatic carbocycles. The fourth-order valence-electron chi connectivity index (χ4n) is 1.89. The lowest BCUT2D eigenvalue weighted by Gasteiger charge is -2.23. The maximum Gasteiger partial charge on any atom is 0.428 e. The molecule has 0 radical (unpaired) electrons. The summed E-state index contributed by atoms with van der Waals surface area (Å²) in [6, 6.07) is 5.06. The fraction of sp³-hybridized carbons (Fsp3) is 0.467. The molecular formula is C15H16F3NO4S. The summed E-state index contributed by atoms with van der Waals surface area (Å²) in [6.45, 7) is 1.56. The van der Waals surface area contributed by atoms with Gasteiger partial charge in [0, 0.05) is 18.7 Å². The highest BCUT2D eigenvalue weighted by atomic mass is 32.2. The maximum atomic E-state index is 12.5. The van der Waals surface area contributed by atoms with Crippen LogP contribution in [0.4, 0.5) is 13.2 Å². The van der Waals surface area contributed by atoms with E-state index in [1.165, 1.54) is 24.3 Å². The molecule has 1 saturated heterocycles. The quantitative estimate of drug-likeness (QED) is 0.769. The number of benzene rings is 1. The van der Waals surface area contributed by atoms with Gasteiger partial charge in [-0.1, -0.05) is 11.8 Å². The number of ether oxygens (including phenoxy) is 1. The highest BCUT2D eigenvalue weighted by Gasteiger charge is 2.48. The summed E-state index contributed by atoms with van der Waals surface area (Å²) in [5.74, 6) is 3.92. The van der Waals surface area contributed by atoms with Gasteiger partial charge in [0.15, 0.2) is 5.44 Å². The van der Waals surface area contributed by atoms with Crippen LogP contribution < -0.4 is 5.32 Å². The Bertz CT molecular complexity index is 740. The van der Waals surface area contributed by atoms with E-state index in [1.54, 1.807) is 5.92 Å². The summed E-state index contributed by atoms with van der Waals surface area (Å²) in [7, 11) is -3.71. The number of morpholine rings is 1. The highest BCUT2D eigenvalue weighted by molar-refractivity contribution is 7.92. The molecule has 2 atom stereocenters. The van der Waals surface area contributed by atoms with E-state index in [2.05, 4.69) is 11.2 Å². The molecule has 0 saturated carbocycles. The molecule has 2 unspecified atom stereocenters. The molecule has 5 nitrogen and oxygen atoms in total. The van der Waals surface area contributed by atoms with Gasteiger partial charge >= 0.3 is 6.18 Å². The van der Waals surface area contributed by atoms with E-state index in [4.69, 9.17) is 4.74 Å². The Morgan fingerprint density at radius 1 is 1.29 bits per heavy atom. The van der Waals surface area contributed by atoms with Gasteiger partial charge in [-0.05, 0) is 31.2 Å². The number of hydrogen-bond donors (Lipinski definition) is 2. The monoisotopic (exact) mass is 363 g/mol. The van der Waals surface area contributed by atoms with Crippen LogP contribution in [0.25, 0.3) is 0 Å². The van der Waals surface area contributed by atoms with E-state index in [0.29, 0.717) is 13.5 Å². The van der Waals surface area contributed by atoms with E-state index < -0.39 is 27.1 Å². The SMILES string of the molecule is CC(O)(C#Cc1ccc(S(=O)(=O)C2CNCCO2)cc1)C(F)(F)F. The second-order valence-corrected chi connectivity index (χ2v) is 7.48. The Kier molecular flexibility index (Phi) is 5.25. The number of sulfone groups is 1. The Morgan fingerprint density at radius 3 is 2.42 bits per heavy atom. The van der Waals surface area contributed by atoms with Crippen LogP contribution in [0, 0.1) is 11.8 Å². The van der Waals surface area contributed by atoms with E-state index in [0.717, 1.165) is 0 Å². The Labute approximate surface area is 137 Å². The van der Waals surface area contributed by atoms with Crippen molar-refractivity contribution in [2.24, 2.45) is 0 Å². The normalized spacial score (nSPS) is 21.5. The summed E-state index contributed by atoms with van der Waals surface area (Å²) >= 11 is 0. The molecule has 2 rings (SSSR count). The van der Waals surface area contributed by atoms with Crippen LogP contribution in [0.1, 0.15) is 12.5 Å². The topological polar surface area (TPSA) is 75.6 Å². The smallest absolute Gasteiger partial charge is 0.370 e. The molecule has 132 valence electrons. The molecule has 1 aromatic carbocycles. The molecule has 1 heterocycles. The van der Waals surface area contributed by atoms with E-state index in [-0.39, 0.29) is 23.6 Å². The third-order valence-corrected chi connectivity index (χ3v) is 5.35. The Hall–Kier alpha value is -1.60. The standard InChI is InChI=1S/C15H16F3NO4S/c1-14(20,15(16,17)18)7-6-11-2-4-12(5-3-11)24(21,22)13-10-19-8-9-23-13/h2-5,13,19-20H,8-10H2,1H3. The lowest BCUT2D eigenvalue weighted by Crippen LogP contribution is -2.43. The second-order valence-electron chi connectivity index (χ2n) is 5.39. The minimum atomic E-state index is -4.88. The molecule has 0 bridgehead atoms. The van der Waals surface area contributed by atoms with E-state index >= 15 is 0 Å². The molecule has 1 fully saturated rings. The molecule has 1 aliphatic rings. The first-order chi connectivity index (χ1) is 11.0. The van der Waals surface area contributed by atoms with Crippen molar-refractivity contribution in [3.63, 3.8) is 0 Å². The Balaban J connectivity index is 2.20. The van der Waals surface area contributed by atoms with Crippen molar-refractivity contribution in [3.8, 4) is 11.8 Å². The summed E-state index contributed by atoms with van der Waals surface area (Å²) in [5.41, 5.74) is -3.99. The fourth-order valence-corrected chi connectivity index (χ4v) is 3.32. The molecule has 2 N–H and O–H groups in total. The van der Waals surface area contributed by atoms with Crippen LogP contribution >= 0.6 is 0 Å². The predicted molar refractivity (Wildman–Crippen MR) is 79.8 cm³/mol. The minimum Gasteiger partial charge on any atom is -0.370 e. The minimum absolute atomic E-state index is 0.00988. The summed E-state index contributed by atoms with van der Waals surface area (Å²) < 4.78 is 67.5. The van der Waals surface area contributed by atoms with Crippen molar-refractivity contribution in [2.75, 3.05) is 19.7 Å². The number of nitrogens with one attached hydrogen (secondary N) is 1. The van der Waals surface area contributed by atoms with Crippen LogP contribution in [0.15, 0.2) is 29.2 Å².